The molecule has 1 rings (SSSR count). The second-order valence-electron chi connectivity index (χ2n) is 2.79. The van der Waals surface area contributed by atoms with Crippen molar-refractivity contribution in [3.63, 3.8) is 0 Å². The van der Waals surface area contributed by atoms with Gasteiger partial charge in [0.05, 0.1) is 14.2 Å². The van der Waals surface area contributed by atoms with Crippen LogP contribution in [0.4, 0.5) is 0 Å². The molecule has 0 unspecified atom stereocenters. The molecular weight excluding hydrogens is 196 g/mol. The lowest BCUT2D eigenvalue weighted by Gasteiger charge is -2.03. The Hall–Kier alpha value is -1.97. The maximum absolute atomic E-state index is 10.8. The third-order valence-corrected chi connectivity index (χ3v) is 1.82. The molecule has 0 saturated heterocycles. The Bertz CT molecular complexity index is 382. The summed E-state index contributed by atoms with van der Waals surface area (Å²) in [6, 6.07) is 4.78. The quantitative estimate of drug-likeness (QED) is 0.605. The average molecular weight is 208 g/mol. The van der Waals surface area contributed by atoms with E-state index in [9.17, 15) is 9.90 Å². The number of carbonyl (C=O) groups is 1. The van der Waals surface area contributed by atoms with E-state index in [-0.39, 0.29) is 5.75 Å². The SMILES string of the molecule is COC(=O)C=Cc1ccc(O)c(OC)c1. The summed E-state index contributed by atoms with van der Waals surface area (Å²) in [4.78, 5) is 10.8. The smallest absolute Gasteiger partial charge is 0.330 e. The molecule has 80 valence electrons. The number of hydrogen-bond donors (Lipinski definition) is 1. The molecular formula is C11H12O4. The fourth-order valence-electron chi connectivity index (χ4n) is 1.03. The van der Waals surface area contributed by atoms with Gasteiger partial charge in [0.25, 0.3) is 0 Å². The lowest BCUT2D eigenvalue weighted by molar-refractivity contribution is -0.134. The number of phenolic OH excluding ortho intramolecular Hbond substituents is 1. The third-order valence-electron chi connectivity index (χ3n) is 1.82. The van der Waals surface area contributed by atoms with Crippen LogP contribution >= 0.6 is 0 Å². The van der Waals surface area contributed by atoms with E-state index < -0.39 is 5.97 Å². The van der Waals surface area contributed by atoms with Crippen LogP contribution in [-0.4, -0.2) is 25.3 Å². The van der Waals surface area contributed by atoms with Crippen molar-refractivity contribution in [2.24, 2.45) is 0 Å². The van der Waals surface area contributed by atoms with E-state index >= 15 is 0 Å². The van der Waals surface area contributed by atoms with Crippen LogP contribution in [0.25, 0.3) is 6.08 Å². The molecule has 0 spiro atoms. The molecule has 0 aliphatic carbocycles. The molecule has 0 aliphatic rings. The molecule has 0 aromatic heterocycles. The van der Waals surface area contributed by atoms with Gasteiger partial charge in [-0.2, -0.15) is 0 Å². The summed E-state index contributed by atoms with van der Waals surface area (Å²) in [5, 5.41) is 9.32. The Labute approximate surface area is 87.7 Å². The second kappa shape index (κ2) is 5.05. The van der Waals surface area contributed by atoms with Gasteiger partial charge >= 0.3 is 5.97 Å². The van der Waals surface area contributed by atoms with E-state index in [0.717, 1.165) is 5.56 Å². The van der Waals surface area contributed by atoms with Gasteiger partial charge in [-0.1, -0.05) is 6.07 Å². The topological polar surface area (TPSA) is 55.8 Å². The standard InChI is InChI=1S/C11H12O4/c1-14-10-7-8(3-5-9(10)12)4-6-11(13)15-2/h3-7,12H,1-2H3. The van der Waals surface area contributed by atoms with Gasteiger partial charge in [-0.05, 0) is 23.8 Å². The van der Waals surface area contributed by atoms with Crippen LogP contribution in [0.3, 0.4) is 0 Å². The first-order valence-corrected chi connectivity index (χ1v) is 4.30. The number of methoxy groups -OCH3 is 2. The summed E-state index contributed by atoms with van der Waals surface area (Å²) >= 11 is 0. The Morgan fingerprint density at radius 2 is 2.13 bits per heavy atom. The van der Waals surface area contributed by atoms with Gasteiger partial charge in [-0.25, -0.2) is 4.79 Å². The molecule has 1 aromatic rings. The lowest BCUT2D eigenvalue weighted by Crippen LogP contribution is -1.93. The highest BCUT2D eigenvalue weighted by atomic mass is 16.5. The van der Waals surface area contributed by atoms with Crippen molar-refractivity contribution in [3.8, 4) is 11.5 Å². The molecule has 0 fully saturated rings. The molecule has 4 heteroatoms. The Morgan fingerprint density at radius 3 is 2.73 bits per heavy atom. The molecule has 0 amide bonds. The summed E-state index contributed by atoms with van der Waals surface area (Å²) in [7, 11) is 2.77. The van der Waals surface area contributed by atoms with Crippen molar-refractivity contribution in [2.45, 2.75) is 0 Å². The van der Waals surface area contributed by atoms with E-state index in [1.165, 1.54) is 26.4 Å². The summed E-state index contributed by atoms with van der Waals surface area (Å²) in [6.07, 6.45) is 2.87. The predicted octanol–water partition coefficient (Wildman–Crippen LogP) is 1.59. The van der Waals surface area contributed by atoms with Gasteiger partial charge in [-0.15, -0.1) is 0 Å². The molecule has 4 nitrogen and oxygen atoms in total. The molecule has 0 saturated carbocycles. The summed E-state index contributed by atoms with van der Waals surface area (Å²) in [5.41, 5.74) is 0.745. The van der Waals surface area contributed by atoms with Gasteiger partial charge in [0.15, 0.2) is 11.5 Å². The zero-order valence-electron chi connectivity index (χ0n) is 8.56. The van der Waals surface area contributed by atoms with Crippen LogP contribution in [0.1, 0.15) is 5.56 Å². The van der Waals surface area contributed by atoms with Gasteiger partial charge in [0.2, 0.25) is 0 Å². The van der Waals surface area contributed by atoms with E-state index in [2.05, 4.69) is 4.74 Å². The molecule has 0 heterocycles. The Morgan fingerprint density at radius 1 is 1.40 bits per heavy atom. The summed E-state index contributed by atoms with van der Waals surface area (Å²) < 4.78 is 9.36. The number of hydrogen-bond acceptors (Lipinski definition) is 4. The first-order chi connectivity index (χ1) is 7.17. The van der Waals surface area contributed by atoms with Crippen LogP contribution in [0, 0.1) is 0 Å². The highest BCUT2D eigenvalue weighted by Crippen LogP contribution is 2.26. The first kappa shape index (κ1) is 11.1. The van der Waals surface area contributed by atoms with Crippen LogP contribution in [0.5, 0.6) is 11.5 Å². The molecule has 15 heavy (non-hydrogen) atoms. The highest BCUT2D eigenvalue weighted by Gasteiger charge is 2.00. The minimum absolute atomic E-state index is 0.0627. The maximum Gasteiger partial charge on any atom is 0.330 e. The number of benzene rings is 1. The van der Waals surface area contributed by atoms with E-state index in [4.69, 9.17) is 4.74 Å². The summed E-state index contributed by atoms with van der Waals surface area (Å²) in [6.45, 7) is 0. The predicted molar refractivity (Wildman–Crippen MR) is 55.7 cm³/mol. The van der Waals surface area contributed by atoms with E-state index in [1.54, 1.807) is 18.2 Å². The molecule has 0 radical (unpaired) electrons. The number of ether oxygens (including phenoxy) is 2. The Balaban J connectivity index is 2.87. The van der Waals surface area contributed by atoms with Crippen molar-refractivity contribution >= 4 is 12.0 Å². The van der Waals surface area contributed by atoms with Crippen molar-refractivity contribution in [2.75, 3.05) is 14.2 Å². The largest absolute Gasteiger partial charge is 0.504 e. The molecule has 0 atom stereocenters. The fraction of sp³-hybridized carbons (Fsp3) is 0.182. The van der Waals surface area contributed by atoms with E-state index in [1.807, 2.05) is 0 Å². The number of phenols is 1. The van der Waals surface area contributed by atoms with Crippen molar-refractivity contribution in [3.05, 3.63) is 29.8 Å². The normalized spacial score (nSPS) is 10.3. The molecule has 1 aromatic carbocycles. The average Bonchev–Trinajstić information content (AvgIpc) is 2.27. The maximum atomic E-state index is 10.8. The van der Waals surface area contributed by atoms with Crippen LogP contribution in [0.15, 0.2) is 24.3 Å². The molecule has 0 bridgehead atoms. The number of aromatic hydroxyl groups is 1. The van der Waals surface area contributed by atoms with Crippen LogP contribution < -0.4 is 4.74 Å². The van der Waals surface area contributed by atoms with Crippen molar-refractivity contribution in [1.29, 1.82) is 0 Å². The number of esters is 1. The monoisotopic (exact) mass is 208 g/mol. The van der Waals surface area contributed by atoms with Crippen LogP contribution in [0.2, 0.25) is 0 Å². The van der Waals surface area contributed by atoms with Crippen molar-refractivity contribution < 1.29 is 19.4 Å². The summed E-state index contributed by atoms with van der Waals surface area (Å²) in [5.74, 6) is -0.00299. The number of rotatable bonds is 3. The zero-order chi connectivity index (χ0) is 11.3. The minimum atomic E-state index is -0.429. The molecule has 0 aliphatic heterocycles. The lowest BCUT2D eigenvalue weighted by atomic mass is 10.2. The van der Waals surface area contributed by atoms with Gasteiger partial charge in [0, 0.05) is 6.08 Å². The van der Waals surface area contributed by atoms with Gasteiger partial charge in [-0.3, -0.25) is 0 Å². The minimum Gasteiger partial charge on any atom is -0.504 e. The van der Waals surface area contributed by atoms with Crippen molar-refractivity contribution in [1.82, 2.24) is 0 Å². The van der Waals surface area contributed by atoms with Gasteiger partial charge in [0.1, 0.15) is 0 Å². The van der Waals surface area contributed by atoms with E-state index in [0.29, 0.717) is 5.75 Å². The second-order valence-corrected chi connectivity index (χ2v) is 2.79. The molecule has 1 N–H and O–H groups in total. The Kier molecular flexibility index (Phi) is 3.74. The highest BCUT2D eigenvalue weighted by molar-refractivity contribution is 5.87. The third kappa shape index (κ3) is 3.02. The van der Waals surface area contributed by atoms with Gasteiger partial charge < -0.3 is 14.6 Å². The number of carbonyl (C=O) groups excluding carboxylic acids is 1. The zero-order valence-corrected chi connectivity index (χ0v) is 8.56. The first-order valence-electron chi connectivity index (χ1n) is 4.30. The fourth-order valence-corrected chi connectivity index (χ4v) is 1.03. The van der Waals surface area contributed by atoms with Crippen LogP contribution in [-0.2, 0) is 9.53 Å².